The van der Waals surface area contributed by atoms with Crippen LogP contribution in [0.15, 0.2) is 72.8 Å². The Labute approximate surface area is 151 Å². The fraction of sp³-hybridized carbons (Fsp3) is 0.0952. The van der Waals surface area contributed by atoms with E-state index in [9.17, 15) is 4.79 Å². The van der Waals surface area contributed by atoms with Crippen LogP contribution in [0.2, 0.25) is 0 Å². The molecule has 26 heavy (non-hydrogen) atoms. The Morgan fingerprint density at radius 2 is 1.69 bits per heavy atom. The molecule has 0 atom stereocenters. The molecule has 0 bridgehead atoms. The smallest absolute Gasteiger partial charge is 0.272 e. The van der Waals surface area contributed by atoms with Crippen molar-refractivity contribution in [1.82, 2.24) is 19.9 Å². The van der Waals surface area contributed by atoms with Gasteiger partial charge in [-0.1, -0.05) is 60.7 Å². The number of benzene rings is 2. The Morgan fingerprint density at radius 3 is 2.42 bits per heavy atom. The third-order valence-corrected chi connectivity index (χ3v) is 4.20. The molecule has 2 heterocycles. The van der Waals surface area contributed by atoms with E-state index in [0.717, 1.165) is 22.5 Å². The summed E-state index contributed by atoms with van der Waals surface area (Å²) < 4.78 is 1.70. The van der Waals surface area contributed by atoms with Gasteiger partial charge in [0.2, 0.25) is 0 Å². The van der Waals surface area contributed by atoms with Gasteiger partial charge in [-0.15, -0.1) is 0 Å². The molecular weight excluding hydrogens is 324 g/mol. The van der Waals surface area contributed by atoms with Gasteiger partial charge < -0.3 is 5.32 Å². The van der Waals surface area contributed by atoms with E-state index in [0.29, 0.717) is 17.9 Å². The maximum atomic E-state index is 12.4. The first-order chi connectivity index (χ1) is 12.7. The van der Waals surface area contributed by atoms with Crippen LogP contribution in [0.25, 0.3) is 16.9 Å². The van der Waals surface area contributed by atoms with E-state index >= 15 is 0 Å². The standard InChI is InChI=1S/C21H18N4O/c1-15-12-18(17-10-6-3-7-11-17)23-20-13-19(24-25(15)20)21(26)22-14-16-8-4-2-5-9-16/h2-13H,14H2,1H3,(H,22,26). The van der Waals surface area contributed by atoms with Crippen molar-refractivity contribution in [1.29, 1.82) is 0 Å². The van der Waals surface area contributed by atoms with E-state index in [1.807, 2.05) is 73.7 Å². The van der Waals surface area contributed by atoms with Crippen molar-refractivity contribution in [3.05, 3.63) is 89.7 Å². The highest BCUT2D eigenvalue weighted by atomic mass is 16.1. The third kappa shape index (κ3) is 3.19. The van der Waals surface area contributed by atoms with Gasteiger partial charge in [-0.3, -0.25) is 4.79 Å². The second kappa shape index (κ2) is 6.80. The summed E-state index contributed by atoms with van der Waals surface area (Å²) in [5.41, 5.74) is 4.90. The van der Waals surface area contributed by atoms with Crippen LogP contribution < -0.4 is 5.32 Å². The Bertz CT molecular complexity index is 1060. The Morgan fingerprint density at radius 1 is 1.00 bits per heavy atom. The van der Waals surface area contributed by atoms with Crippen molar-refractivity contribution in [3.63, 3.8) is 0 Å². The summed E-state index contributed by atoms with van der Waals surface area (Å²) in [6, 6.07) is 23.5. The van der Waals surface area contributed by atoms with Crippen molar-refractivity contribution >= 4 is 11.6 Å². The predicted octanol–water partition coefficient (Wildman–Crippen LogP) is 3.63. The van der Waals surface area contributed by atoms with Crippen molar-refractivity contribution in [3.8, 4) is 11.3 Å². The lowest BCUT2D eigenvalue weighted by Gasteiger charge is -2.04. The average molecular weight is 342 g/mol. The molecule has 0 aliphatic heterocycles. The zero-order chi connectivity index (χ0) is 17.9. The summed E-state index contributed by atoms with van der Waals surface area (Å²) in [5, 5.41) is 7.30. The summed E-state index contributed by atoms with van der Waals surface area (Å²) in [7, 11) is 0. The normalized spacial score (nSPS) is 10.8. The molecule has 5 nitrogen and oxygen atoms in total. The van der Waals surface area contributed by atoms with Crippen LogP contribution in [-0.4, -0.2) is 20.5 Å². The molecule has 2 aromatic heterocycles. The summed E-state index contributed by atoms with van der Waals surface area (Å²) in [5.74, 6) is -0.208. The fourth-order valence-electron chi connectivity index (χ4n) is 2.86. The first-order valence-electron chi connectivity index (χ1n) is 8.46. The molecule has 1 N–H and O–H groups in total. The SMILES string of the molecule is Cc1cc(-c2ccccc2)nc2cc(C(=O)NCc3ccccc3)nn12. The number of aryl methyl sites for hydroxylation is 1. The Kier molecular flexibility index (Phi) is 4.19. The minimum Gasteiger partial charge on any atom is -0.347 e. The fourth-order valence-corrected chi connectivity index (χ4v) is 2.86. The molecule has 2 aromatic carbocycles. The molecule has 5 heteroatoms. The van der Waals surface area contributed by atoms with Crippen LogP contribution in [0, 0.1) is 6.92 Å². The van der Waals surface area contributed by atoms with E-state index in [2.05, 4.69) is 15.4 Å². The number of nitrogens with one attached hydrogen (secondary N) is 1. The minimum atomic E-state index is -0.208. The van der Waals surface area contributed by atoms with Gasteiger partial charge in [-0.25, -0.2) is 9.50 Å². The van der Waals surface area contributed by atoms with Crippen LogP contribution in [0.5, 0.6) is 0 Å². The molecule has 0 aliphatic rings. The first kappa shape index (κ1) is 16.0. The lowest BCUT2D eigenvalue weighted by molar-refractivity contribution is 0.0945. The number of hydrogen-bond acceptors (Lipinski definition) is 3. The Hall–Kier alpha value is -3.47. The lowest BCUT2D eigenvalue weighted by atomic mass is 10.1. The molecule has 1 amide bonds. The van der Waals surface area contributed by atoms with Gasteiger partial charge in [0.1, 0.15) is 0 Å². The second-order valence-corrected chi connectivity index (χ2v) is 6.12. The summed E-state index contributed by atoms with van der Waals surface area (Å²) in [4.78, 5) is 17.1. The molecule has 128 valence electrons. The summed E-state index contributed by atoms with van der Waals surface area (Å²) >= 11 is 0. The van der Waals surface area contributed by atoms with Crippen molar-refractivity contribution in [2.24, 2.45) is 0 Å². The second-order valence-electron chi connectivity index (χ2n) is 6.12. The number of nitrogens with zero attached hydrogens (tertiary/aromatic N) is 3. The molecular formula is C21H18N4O. The van der Waals surface area contributed by atoms with Crippen LogP contribution in [-0.2, 0) is 6.54 Å². The molecule has 4 aromatic rings. The summed E-state index contributed by atoms with van der Waals surface area (Å²) in [6.45, 7) is 2.43. The Balaban J connectivity index is 1.61. The number of hydrogen-bond donors (Lipinski definition) is 1. The molecule has 4 rings (SSSR count). The van der Waals surface area contributed by atoms with Crippen LogP contribution in [0.1, 0.15) is 21.7 Å². The highest BCUT2D eigenvalue weighted by molar-refractivity contribution is 5.93. The van der Waals surface area contributed by atoms with Crippen molar-refractivity contribution in [2.75, 3.05) is 0 Å². The van der Waals surface area contributed by atoms with Crippen LogP contribution in [0.4, 0.5) is 0 Å². The van der Waals surface area contributed by atoms with Gasteiger partial charge in [-0.2, -0.15) is 5.10 Å². The number of aromatic nitrogens is 3. The van der Waals surface area contributed by atoms with Crippen molar-refractivity contribution < 1.29 is 4.79 Å². The van der Waals surface area contributed by atoms with E-state index in [-0.39, 0.29) is 5.91 Å². The van der Waals surface area contributed by atoms with Crippen molar-refractivity contribution in [2.45, 2.75) is 13.5 Å². The average Bonchev–Trinajstić information content (AvgIpc) is 3.12. The molecule has 0 aliphatic carbocycles. The molecule has 0 radical (unpaired) electrons. The number of fused-ring (bicyclic) bond motifs is 1. The predicted molar refractivity (Wildman–Crippen MR) is 101 cm³/mol. The van der Waals surface area contributed by atoms with E-state index in [1.165, 1.54) is 0 Å². The lowest BCUT2D eigenvalue weighted by Crippen LogP contribution is -2.23. The molecule has 0 saturated heterocycles. The number of carbonyl (C=O) groups is 1. The number of rotatable bonds is 4. The molecule has 0 fully saturated rings. The number of amides is 1. The first-order valence-corrected chi connectivity index (χ1v) is 8.46. The van der Waals surface area contributed by atoms with Crippen LogP contribution in [0.3, 0.4) is 0 Å². The van der Waals surface area contributed by atoms with E-state index in [4.69, 9.17) is 0 Å². The molecule has 0 saturated carbocycles. The van der Waals surface area contributed by atoms with E-state index < -0.39 is 0 Å². The zero-order valence-corrected chi connectivity index (χ0v) is 14.4. The maximum absolute atomic E-state index is 12.4. The zero-order valence-electron chi connectivity index (χ0n) is 14.4. The summed E-state index contributed by atoms with van der Waals surface area (Å²) in [6.07, 6.45) is 0. The number of carbonyl (C=O) groups excluding carboxylic acids is 1. The molecule has 0 unspecified atom stereocenters. The third-order valence-electron chi connectivity index (χ3n) is 4.20. The van der Waals surface area contributed by atoms with Gasteiger partial charge in [0.25, 0.3) is 5.91 Å². The van der Waals surface area contributed by atoms with Gasteiger partial charge in [0.15, 0.2) is 11.3 Å². The van der Waals surface area contributed by atoms with E-state index in [1.54, 1.807) is 10.6 Å². The quantitative estimate of drug-likeness (QED) is 0.616. The van der Waals surface area contributed by atoms with Gasteiger partial charge in [0, 0.05) is 23.9 Å². The monoisotopic (exact) mass is 342 g/mol. The largest absolute Gasteiger partial charge is 0.347 e. The maximum Gasteiger partial charge on any atom is 0.272 e. The van der Waals surface area contributed by atoms with Gasteiger partial charge >= 0.3 is 0 Å². The highest BCUT2D eigenvalue weighted by Crippen LogP contribution is 2.19. The minimum absolute atomic E-state index is 0.208. The topological polar surface area (TPSA) is 59.3 Å². The van der Waals surface area contributed by atoms with Gasteiger partial charge in [0.05, 0.1) is 5.69 Å². The highest BCUT2D eigenvalue weighted by Gasteiger charge is 2.13. The molecule has 0 spiro atoms. The van der Waals surface area contributed by atoms with Gasteiger partial charge in [-0.05, 0) is 18.6 Å². The van der Waals surface area contributed by atoms with Crippen LogP contribution >= 0.6 is 0 Å².